The van der Waals surface area contributed by atoms with E-state index in [4.69, 9.17) is 4.98 Å². The Balaban J connectivity index is 1.09. The van der Waals surface area contributed by atoms with Crippen molar-refractivity contribution in [2.75, 3.05) is 0 Å². The number of nitrogens with zero attached hydrogens (tertiary/aromatic N) is 2. The maximum absolute atomic E-state index is 4.87. The number of hydrogen-bond acceptors (Lipinski definition) is 2. The molecule has 0 spiro atoms. The highest BCUT2D eigenvalue weighted by atomic mass is 15.2. The molecule has 0 amide bonds. The fraction of sp³-hybridized carbons (Fsp3) is 0.0526. The van der Waals surface area contributed by atoms with E-state index in [2.05, 4.69) is 156 Å². The summed E-state index contributed by atoms with van der Waals surface area (Å²) in [7, 11) is 0. The fourth-order valence-electron chi connectivity index (χ4n) is 5.49. The number of H-pyrrole nitrogens is 1. The highest BCUT2D eigenvalue weighted by Gasteiger charge is 2.16. The molecule has 1 heterocycles. The van der Waals surface area contributed by atoms with Gasteiger partial charge in [0.2, 0.25) is 0 Å². The molecule has 0 saturated carbocycles. The average molecular weight is 528 g/mol. The molecular formula is C38H29N3. The van der Waals surface area contributed by atoms with Crippen LogP contribution in [0.4, 0.5) is 0 Å². The summed E-state index contributed by atoms with van der Waals surface area (Å²) in [5.74, 6) is 1.84. The zero-order chi connectivity index (χ0) is 27.4. The molecule has 0 bridgehead atoms. The minimum atomic E-state index is 0.341. The zero-order valence-electron chi connectivity index (χ0n) is 22.6. The SMILES string of the molecule is C1=CC(c2cccc(-c3ccccc3)c2)CC=C1c1nc(-c2cccc(-c3cccc(-c4ccccc4)c3)c2)n[nH]1. The highest BCUT2D eigenvalue weighted by molar-refractivity contribution is 5.77. The molecule has 1 atom stereocenters. The molecule has 196 valence electrons. The third-order valence-electron chi connectivity index (χ3n) is 7.70. The van der Waals surface area contributed by atoms with Crippen LogP contribution in [0.15, 0.2) is 152 Å². The number of aromatic amines is 1. The minimum absolute atomic E-state index is 0.341. The van der Waals surface area contributed by atoms with Crippen LogP contribution in [0.2, 0.25) is 0 Å². The standard InChI is InChI=1S/C38H29N3/c1-3-10-27(11-4-1)31-14-7-16-33(24-31)29-20-22-30(23-21-29)37-39-38(41-40-37)36-19-9-18-35(26-36)34-17-8-15-32(25-34)28-12-5-2-6-13-28/h1-20,22-26,29H,21H2,(H,39,40,41). The number of nitrogens with one attached hydrogen (secondary N) is 1. The van der Waals surface area contributed by atoms with Crippen molar-refractivity contribution >= 4 is 5.57 Å². The second-order valence-electron chi connectivity index (χ2n) is 10.4. The van der Waals surface area contributed by atoms with Gasteiger partial charge in [-0.05, 0) is 57.5 Å². The van der Waals surface area contributed by atoms with Crippen LogP contribution >= 0.6 is 0 Å². The molecular weight excluding hydrogens is 498 g/mol. The van der Waals surface area contributed by atoms with Crippen LogP contribution in [-0.4, -0.2) is 15.2 Å². The lowest BCUT2D eigenvalue weighted by atomic mass is 9.88. The predicted molar refractivity (Wildman–Crippen MR) is 169 cm³/mol. The van der Waals surface area contributed by atoms with Crippen LogP contribution in [0.5, 0.6) is 0 Å². The highest BCUT2D eigenvalue weighted by Crippen LogP contribution is 2.33. The van der Waals surface area contributed by atoms with Gasteiger partial charge in [0.05, 0.1) is 0 Å². The smallest absolute Gasteiger partial charge is 0.181 e. The van der Waals surface area contributed by atoms with Crippen LogP contribution < -0.4 is 0 Å². The van der Waals surface area contributed by atoms with Gasteiger partial charge in [-0.3, -0.25) is 5.10 Å². The van der Waals surface area contributed by atoms with Gasteiger partial charge in [-0.25, -0.2) is 4.98 Å². The maximum atomic E-state index is 4.87. The minimum Gasteiger partial charge on any atom is -0.259 e. The molecule has 3 heteroatoms. The van der Waals surface area contributed by atoms with Crippen molar-refractivity contribution in [1.82, 2.24) is 15.2 Å². The fourth-order valence-corrected chi connectivity index (χ4v) is 5.49. The van der Waals surface area contributed by atoms with E-state index in [-0.39, 0.29) is 0 Å². The Morgan fingerprint density at radius 2 is 1.07 bits per heavy atom. The first-order valence-electron chi connectivity index (χ1n) is 14.0. The first-order valence-corrected chi connectivity index (χ1v) is 14.0. The van der Waals surface area contributed by atoms with Crippen LogP contribution in [0.3, 0.4) is 0 Å². The lowest BCUT2D eigenvalue weighted by Crippen LogP contribution is -1.99. The molecule has 41 heavy (non-hydrogen) atoms. The van der Waals surface area contributed by atoms with Crippen molar-refractivity contribution in [3.63, 3.8) is 0 Å². The molecule has 1 aliphatic carbocycles. The normalized spacial score (nSPS) is 14.5. The Hall–Kier alpha value is -5.28. The second-order valence-corrected chi connectivity index (χ2v) is 10.4. The zero-order valence-corrected chi connectivity index (χ0v) is 22.6. The van der Waals surface area contributed by atoms with Crippen molar-refractivity contribution in [2.24, 2.45) is 0 Å². The van der Waals surface area contributed by atoms with Crippen molar-refractivity contribution in [3.8, 4) is 44.8 Å². The van der Waals surface area contributed by atoms with E-state index in [1.165, 1.54) is 33.4 Å². The Kier molecular flexibility index (Phi) is 6.68. The first kappa shape index (κ1) is 24.7. The van der Waals surface area contributed by atoms with Gasteiger partial charge >= 0.3 is 0 Å². The molecule has 1 N–H and O–H groups in total. The quantitative estimate of drug-likeness (QED) is 0.234. The maximum Gasteiger partial charge on any atom is 0.181 e. The van der Waals surface area contributed by atoms with Gasteiger partial charge in [-0.1, -0.05) is 140 Å². The Morgan fingerprint density at radius 3 is 1.71 bits per heavy atom. The van der Waals surface area contributed by atoms with Crippen molar-refractivity contribution < 1.29 is 0 Å². The van der Waals surface area contributed by atoms with E-state index in [9.17, 15) is 0 Å². The second kappa shape index (κ2) is 11.1. The largest absolute Gasteiger partial charge is 0.259 e. The van der Waals surface area contributed by atoms with Gasteiger partial charge < -0.3 is 0 Å². The molecule has 0 aliphatic heterocycles. The van der Waals surface area contributed by atoms with E-state index in [1.54, 1.807) is 0 Å². The molecule has 5 aromatic carbocycles. The van der Waals surface area contributed by atoms with Crippen molar-refractivity contribution in [2.45, 2.75) is 12.3 Å². The van der Waals surface area contributed by atoms with Crippen LogP contribution in [0.1, 0.15) is 23.7 Å². The number of benzene rings is 5. The number of aromatic nitrogens is 3. The van der Waals surface area contributed by atoms with Crippen LogP contribution in [0.25, 0.3) is 50.3 Å². The molecule has 1 aliphatic rings. The third kappa shape index (κ3) is 5.30. The number of rotatable bonds is 6. The molecule has 1 unspecified atom stereocenters. The van der Waals surface area contributed by atoms with Gasteiger partial charge in [-0.15, -0.1) is 0 Å². The van der Waals surface area contributed by atoms with Gasteiger partial charge in [0.25, 0.3) is 0 Å². The first-order chi connectivity index (χ1) is 20.3. The Labute approximate surface area is 240 Å². The van der Waals surface area contributed by atoms with E-state index in [0.717, 1.165) is 28.9 Å². The van der Waals surface area contributed by atoms with Crippen molar-refractivity contribution in [3.05, 3.63) is 163 Å². The summed E-state index contributed by atoms with van der Waals surface area (Å²) in [6.07, 6.45) is 7.63. The van der Waals surface area contributed by atoms with E-state index in [1.807, 2.05) is 6.07 Å². The van der Waals surface area contributed by atoms with E-state index < -0.39 is 0 Å². The Morgan fingerprint density at radius 1 is 0.537 bits per heavy atom. The molecule has 6 aromatic rings. The summed E-state index contributed by atoms with van der Waals surface area (Å²) in [6, 6.07) is 47.0. The van der Waals surface area contributed by atoms with Gasteiger partial charge in [0, 0.05) is 17.1 Å². The number of allylic oxidation sites excluding steroid dienone is 4. The lowest BCUT2D eigenvalue weighted by Gasteiger charge is -2.17. The summed E-state index contributed by atoms with van der Waals surface area (Å²) in [6.45, 7) is 0. The average Bonchev–Trinajstić information content (AvgIpc) is 3.57. The van der Waals surface area contributed by atoms with Crippen molar-refractivity contribution in [1.29, 1.82) is 0 Å². The summed E-state index contributed by atoms with van der Waals surface area (Å²) < 4.78 is 0. The molecule has 0 saturated heterocycles. The van der Waals surface area contributed by atoms with Gasteiger partial charge in [0.1, 0.15) is 0 Å². The van der Waals surface area contributed by atoms with E-state index in [0.29, 0.717) is 11.7 Å². The molecule has 7 rings (SSSR count). The summed E-state index contributed by atoms with van der Waals surface area (Å²) in [5, 5.41) is 7.74. The molecule has 0 radical (unpaired) electrons. The summed E-state index contributed by atoms with van der Waals surface area (Å²) >= 11 is 0. The van der Waals surface area contributed by atoms with Crippen LogP contribution in [0, 0.1) is 0 Å². The van der Waals surface area contributed by atoms with Gasteiger partial charge in [0.15, 0.2) is 11.6 Å². The topological polar surface area (TPSA) is 41.6 Å². The molecule has 0 fully saturated rings. The summed E-state index contributed by atoms with van der Waals surface area (Å²) in [5.41, 5.74) is 10.6. The predicted octanol–water partition coefficient (Wildman–Crippen LogP) is 9.60. The summed E-state index contributed by atoms with van der Waals surface area (Å²) in [4.78, 5) is 4.87. The van der Waals surface area contributed by atoms with Gasteiger partial charge in [-0.2, -0.15) is 5.10 Å². The molecule has 3 nitrogen and oxygen atoms in total. The molecule has 1 aromatic heterocycles. The Bertz CT molecular complexity index is 1860. The monoisotopic (exact) mass is 527 g/mol. The van der Waals surface area contributed by atoms with E-state index >= 15 is 0 Å². The van der Waals surface area contributed by atoms with Crippen LogP contribution in [-0.2, 0) is 0 Å². The lowest BCUT2D eigenvalue weighted by molar-refractivity contribution is 0.855. The third-order valence-corrected chi connectivity index (χ3v) is 7.70. The number of hydrogen-bond donors (Lipinski definition) is 1.